The molecule has 0 bridgehead atoms. The van der Waals surface area contributed by atoms with Gasteiger partial charge >= 0.3 is 0 Å². The van der Waals surface area contributed by atoms with Crippen LogP contribution in [0.3, 0.4) is 0 Å². The molecule has 0 aromatic heterocycles. The monoisotopic (exact) mass is 352 g/mol. The molecule has 0 saturated carbocycles. The second kappa shape index (κ2) is 8.28. The Morgan fingerprint density at radius 2 is 1.92 bits per heavy atom. The summed E-state index contributed by atoms with van der Waals surface area (Å²) in [6, 6.07) is 13.7. The Hall–Kier alpha value is -2.46. The summed E-state index contributed by atoms with van der Waals surface area (Å²) in [6.45, 7) is 2.86. The zero-order chi connectivity index (χ0) is 18.5. The van der Waals surface area contributed by atoms with E-state index in [9.17, 15) is 9.59 Å². The highest BCUT2D eigenvalue weighted by Gasteiger charge is 2.31. The molecule has 0 radical (unpaired) electrons. The maximum absolute atomic E-state index is 12.6. The minimum atomic E-state index is 0.00139. The quantitative estimate of drug-likeness (QED) is 0.521. The van der Waals surface area contributed by atoms with E-state index in [0.717, 1.165) is 11.1 Å². The molecule has 26 heavy (non-hydrogen) atoms. The lowest BCUT2D eigenvalue weighted by Gasteiger charge is -2.12. The number of ether oxygens (including phenoxy) is 2. The van der Waals surface area contributed by atoms with Gasteiger partial charge in [0.2, 0.25) is 0 Å². The van der Waals surface area contributed by atoms with Crippen LogP contribution in [-0.4, -0.2) is 31.9 Å². The number of rotatable bonds is 8. The van der Waals surface area contributed by atoms with E-state index in [1.54, 1.807) is 13.2 Å². The molecule has 0 amide bonds. The molecule has 1 atom stereocenters. The number of fused-ring (bicyclic) bond motifs is 1. The number of methoxy groups -OCH3 is 1. The molecule has 1 unspecified atom stereocenters. The van der Waals surface area contributed by atoms with Crippen molar-refractivity contribution in [3.05, 3.63) is 64.7 Å². The fourth-order valence-electron chi connectivity index (χ4n) is 3.37. The van der Waals surface area contributed by atoms with Gasteiger partial charge in [-0.3, -0.25) is 9.59 Å². The number of carbonyl (C=O) groups excluding carboxylic acids is 2. The molecule has 3 rings (SSSR count). The van der Waals surface area contributed by atoms with Gasteiger partial charge in [0.05, 0.1) is 12.2 Å². The molecule has 0 saturated heterocycles. The maximum atomic E-state index is 12.6. The summed E-state index contributed by atoms with van der Waals surface area (Å²) >= 11 is 0. The number of benzene rings is 2. The van der Waals surface area contributed by atoms with Crippen LogP contribution in [-0.2, 0) is 4.74 Å². The van der Waals surface area contributed by atoms with Gasteiger partial charge in [-0.1, -0.05) is 37.3 Å². The first kappa shape index (κ1) is 18.3. The van der Waals surface area contributed by atoms with Crippen molar-refractivity contribution < 1.29 is 19.1 Å². The minimum Gasteiger partial charge on any atom is -0.492 e. The molecule has 1 aliphatic rings. The summed E-state index contributed by atoms with van der Waals surface area (Å²) in [5, 5.41) is 0. The normalized spacial score (nSPS) is 15.4. The van der Waals surface area contributed by atoms with Gasteiger partial charge < -0.3 is 9.47 Å². The van der Waals surface area contributed by atoms with Crippen LogP contribution in [0.1, 0.15) is 63.9 Å². The minimum absolute atomic E-state index is 0.00139. The van der Waals surface area contributed by atoms with Crippen LogP contribution in [0, 0.1) is 0 Å². The van der Waals surface area contributed by atoms with Crippen molar-refractivity contribution in [1.29, 1.82) is 0 Å². The summed E-state index contributed by atoms with van der Waals surface area (Å²) in [5.74, 6) is 0.718. The third kappa shape index (κ3) is 3.70. The van der Waals surface area contributed by atoms with E-state index in [2.05, 4.69) is 12.1 Å². The average Bonchev–Trinajstić information content (AvgIpc) is 3.11. The van der Waals surface area contributed by atoms with Crippen molar-refractivity contribution in [2.24, 2.45) is 0 Å². The zero-order valence-electron chi connectivity index (χ0n) is 15.3. The van der Waals surface area contributed by atoms with Gasteiger partial charge in [0.15, 0.2) is 11.6 Å². The van der Waals surface area contributed by atoms with Gasteiger partial charge in [0.1, 0.15) is 5.75 Å². The lowest BCUT2D eigenvalue weighted by Crippen LogP contribution is -2.07. The number of carbonyl (C=O) groups is 2. The molecule has 0 spiro atoms. The highest BCUT2D eigenvalue weighted by atomic mass is 16.5. The molecule has 4 heteroatoms. The summed E-state index contributed by atoms with van der Waals surface area (Å²) in [6.07, 6.45) is 1.46. The SMILES string of the molecule is CCC(=O)c1cc(C(=O)CCCOC)cc2c1OCC2c1ccccc1. The third-order valence-corrected chi connectivity index (χ3v) is 4.79. The van der Waals surface area contributed by atoms with Gasteiger partial charge in [-0.2, -0.15) is 0 Å². The Bertz CT molecular complexity index is 795. The van der Waals surface area contributed by atoms with Crippen molar-refractivity contribution in [1.82, 2.24) is 0 Å². The second-order valence-electron chi connectivity index (χ2n) is 6.51. The van der Waals surface area contributed by atoms with E-state index in [-0.39, 0.29) is 17.5 Å². The number of Topliss-reactive ketones (excluding diaryl/α,β-unsaturated/α-hetero) is 2. The van der Waals surface area contributed by atoms with Crippen LogP contribution >= 0.6 is 0 Å². The van der Waals surface area contributed by atoms with Gasteiger partial charge in [-0.25, -0.2) is 0 Å². The van der Waals surface area contributed by atoms with E-state index in [4.69, 9.17) is 9.47 Å². The third-order valence-electron chi connectivity index (χ3n) is 4.79. The van der Waals surface area contributed by atoms with Crippen LogP contribution in [0.4, 0.5) is 0 Å². The van der Waals surface area contributed by atoms with Crippen molar-refractivity contribution in [3.8, 4) is 5.75 Å². The van der Waals surface area contributed by atoms with E-state index in [1.165, 1.54) is 0 Å². The summed E-state index contributed by atoms with van der Waals surface area (Å²) in [5.41, 5.74) is 3.18. The molecule has 4 nitrogen and oxygen atoms in total. The van der Waals surface area contributed by atoms with E-state index in [1.807, 2.05) is 31.2 Å². The van der Waals surface area contributed by atoms with E-state index >= 15 is 0 Å². The molecule has 1 heterocycles. The highest BCUT2D eigenvalue weighted by Crippen LogP contribution is 2.41. The topological polar surface area (TPSA) is 52.6 Å². The van der Waals surface area contributed by atoms with Gasteiger partial charge in [0.25, 0.3) is 0 Å². The summed E-state index contributed by atoms with van der Waals surface area (Å²) in [4.78, 5) is 25.1. The number of hydrogen-bond acceptors (Lipinski definition) is 4. The first-order chi connectivity index (χ1) is 12.7. The van der Waals surface area contributed by atoms with Crippen LogP contribution in [0.25, 0.3) is 0 Å². The first-order valence-corrected chi connectivity index (χ1v) is 9.06. The Morgan fingerprint density at radius 3 is 2.62 bits per heavy atom. The van der Waals surface area contributed by atoms with Crippen LogP contribution in [0.5, 0.6) is 5.75 Å². The number of ketones is 2. The molecular formula is C22H24O4. The Balaban J connectivity index is 2.01. The fraction of sp³-hybridized carbons (Fsp3) is 0.364. The molecular weight excluding hydrogens is 328 g/mol. The standard InChI is InChI=1S/C22H24O4/c1-3-20(23)18-13-16(21(24)10-7-11-25-2)12-17-19(14-26-22(17)18)15-8-5-4-6-9-15/h4-6,8-9,12-13,19H,3,7,10-11,14H2,1-2H3. The Labute approximate surface area is 154 Å². The smallest absolute Gasteiger partial charge is 0.166 e. The van der Waals surface area contributed by atoms with Crippen LogP contribution in [0.2, 0.25) is 0 Å². The predicted octanol–water partition coefficient (Wildman–Crippen LogP) is 4.41. The first-order valence-electron chi connectivity index (χ1n) is 9.06. The van der Waals surface area contributed by atoms with Crippen molar-refractivity contribution in [3.63, 3.8) is 0 Å². The average molecular weight is 352 g/mol. The van der Waals surface area contributed by atoms with Gasteiger partial charge in [0, 0.05) is 43.6 Å². The molecule has 0 N–H and O–H groups in total. The van der Waals surface area contributed by atoms with Crippen molar-refractivity contribution >= 4 is 11.6 Å². The molecule has 0 fully saturated rings. The summed E-state index contributed by atoms with van der Waals surface area (Å²) in [7, 11) is 1.62. The molecule has 136 valence electrons. The van der Waals surface area contributed by atoms with Crippen LogP contribution < -0.4 is 4.74 Å². The molecule has 0 aliphatic carbocycles. The van der Waals surface area contributed by atoms with Crippen LogP contribution in [0.15, 0.2) is 42.5 Å². The Morgan fingerprint density at radius 1 is 1.15 bits per heavy atom. The zero-order valence-corrected chi connectivity index (χ0v) is 15.3. The Kier molecular flexibility index (Phi) is 5.84. The molecule has 1 aliphatic heterocycles. The van der Waals surface area contributed by atoms with Crippen molar-refractivity contribution in [2.45, 2.75) is 32.1 Å². The summed E-state index contributed by atoms with van der Waals surface area (Å²) < 4.78 is 10.9. The number of hydrogen-bond donors (Lipinski definition) is 0. The van der Waals surface area contributed by atoms with Gasteiger partial charge in [-0.15, -0.1) is 0 Å². The van der Waals surface area contributed by atoms with E-state index in [0.29, 0.717) is 49.4 Å². The highest BCUT2D eigenvalue weighted by molar-refractivity contribution is 6.04. The lowest BCUT2D eigenvalue weighted by atomic mass is 9.88. The maximum Gasteiger partial charge on any atom is 0.166 e. The predicted molar refractivity (Wildman–Crippen MR) is 100 cm³/mol. The fourth-order valence-corrected chi connectivity index (χ4v) is 3.37. The van der Waals surface area contributed by atoms with E-state index < -0.39 is 0 Å². The van der Waals surface area contributed by atoms with Crippen molar-refractivity contribution in [2.75, 3.05) is 20.3 Å². The second-order valence-corrected chi connectivity index (χ2v) is 6.51. The van der Waals surface area contributed by atoms with Gasteiger partial charge in [-0.05, 0) is 24.1 Å². The largest absolute Gasteiger partial charge is 0.492 e. The molecule has 2 aromatic rings. The molecule has 2 aromatic carbocycles. The lowest BCUT2D eigenvalue weighted by molar-refractivity contribution is 0.0963.